The van der Waals surface area contributed by atoms with Crippen molar-refractivity contribution < 1.29 is 4.79 Å². The van der Waals surface area contributed by atoms with E-state index >= 15 is 0 Å². The van der Waals surface area contributed by atoms with E-state index in [-0.39, 0.29) is 5.91 Å². The van der Waals surface area contributed by atoms with Crippen LogP contribution in [-0.2, 0) is 17.6 Å². The minimum Gasteiger partial charge on any atom is -0.348 e. The van der Waals surface area contributed by atoms with Crippen LogP contribution < -0.4 is 0 Å². The maximum Gasteiger partial charge on any atom is 0.226 e. The summed E-state index contributed by atoms with van der Waals surface area (Å²) in [7, 11) is 0. The second-order valence-corrected chi connectivity index (χ2v) is 7.13. The maximum absolute atomic E-state index is 12.6. The van der Waals surface area contributed by atoms with Crippen molar-refractivity contribution in [2.45, 2.75) is 39.0 Å². The lowest BCUT2D eigenvalue weighted by atomic mass is 9.92. The summed E-state index contributed by atoms with van der Waals surface area (Å²) in [5.41, 5.74) is 3.25. The van der Waals surface area contributed by atoms with E-state index in [1.165, 1.54) is 12.1 Å². The number of likely N-dealkylation sites (tertiary alicyclic amines) is 1. The van der Waals surface area contributed by atoms with Crippen LogP contribution in [0.2, 0.25) is 5.02 Å². The lowest BCUT2D eigenvalue weighted by Crippen LogP contribution is -2.40. The molecule has 2 aromatic rings. The van der Waals surface area contributed by atoms with E-state index < -0.39 is 0 Å². The normalized spacial score (nSPS) is 17.9. The molecule has 0 saturated carbocycles. The fraction of sp³-hybridized carbons (Fsp3) is 0.474. The Bertz CT molecular complexity index is 684. The Hall–Kier alpha value is -1.81. The topological polar surface area (TPSA) is 49.0 Å². The van der Waals surface area contributed by atoms with Crippen molar-refractivity contribution in [3.05, 3.63) is 52.6 Å². The molecule has 1 aliphatic rings. The highest BCUT2D eigenvalue weighted by Gasteiger charge is 2.23. The molecule has 1 amide bonds. The molecule has 4 nitrogen and oxygen atoms in total. The second kappa shape index (κ2) is 7.84. The van der Waals surface area contributed by atoms with Crippen LogP contribution >= 0.6 is 11.6 Å². The number of hydrogen-bond acceptors (Lipinski definition) is 2. The van der Waals surface area contributed by atoms with Crippen LogP contribution in [0.25, 0.3) is 0 Å². The van der Waals surface area contributed by atoms with Crippen LogP contribution in [0.5, 0.6) is 0 Å². The Labute approximate surface area is 148 Å². The van der Waals surface area contributed by atoms with Gasteiger partial charge in [-0.05, 0) is 55.7 Å². The average molecular weight is 346 g/mol. The number of nitrogens with zero attached hydrogens (tertiary/aromatic N) is 2. The van der Waals surface area contributed by atoms with Crippen LogP contribution in [0, 0.1) is 12.8 Å². The van der Waals surface area contributed by atoms with Crippen molar-refractivity contribution in [3.8, 4) is 0 Å². The predicted octanol–water partition coefficient (Wildman–Crippen LogP) is 3.79. The molecule has 3 rings (SSSR count). The van der Waals surface area contributed by atoms with Crippen LogP contribution in [0.1, 0.15) is 36.1 Å². The molecule has 1 aromatic carbocycles. The van der Waals surface area contributed by atoms with E-state index in [0.29, 0.717) is 12.3 Å². The first kappa shape index (κ1) is 17.0. The number of aryl methyl sites for hydroxylation is 2. The Kier molecular flexibility index (Phi) is 5.56. The van der Waals surface area contributed by atoms with Gasteiger partial charge in [-0.15, -0.1) is 0 Å². The van der Waals surface area contributed by atoms with Gasteiger partial charge >= 0.3 is 0 Å². The van der Waals surface area contributed by atoms with Gasteiger partial charge in [-0.3, -0.25) is 4.79 Å². The molecule has 1 atom stereocenters. The number of carbonyl (C=O) groups excluding carboxylic acids is 1. The number of H-pyrrole nitrogens is 1. The number of aromatic amines is 1. The van der Waals surface area contributed by atoms with Crippen molar-refractivity contribution in [1.82, 2.24) is 14.9 Å². The summed E-state index contributed by atoms with van der Waals surface area (Å²) in [6.45, 7) is 3.73. The van der Waals surface area contributed by atoms with Gasteiger partial charge in [0.25, 0.3) is 0 Å². The number of aromatic nitrogens is 2. The molecule has 128 valence electrons. The number of benzene rings is 1. The lowest BCUT2D eigenvalue weighted by Gasteiger charge is -2.33. The van der Waals surface area contributed by atoms with Gasteiger partial charge in [0, 0.05) is 30.0 Å². The molecule has 24 heavy (non-hydrogen) atoms. The van der Waals surface area contributed by atoms with Gasteiger partial charge < -0.3 is 9.88 Å². The zero-order valence-electron chi connectivity index (χ0n) is 14.1. The molecule has 0 radical (unpaired) electrons. The molecular formula is C19H24ClN3O. The summed E-state index contributed by atoms with van der Waals surface area (Å²) >= 11 is 6.06. The third kappa shape index (κ3) is 4.38. The van der Waals surface area contributed by atoms with Crippen LogP contribution in [0.4, 0.5) is 0 Å². The summed E-state index contributed by atoms with van der Waals surface area (Å²) in [5.74, 6) is 0.806. The molecule has 2 heterocycles. The van der Waals surface area contributed by atoms with Crippen LogP contribution in [0.3, 0.4) is 0 Å². The number of amides is 1. The molecule has 0 aliphatic carbocycles. The molecule has 0 bridgehead atoms. The standard InChI is InChI=1S/C19H24ClN3O/c1-14-9-16(5-7-18(14)20)10-19(24)23-8-2-3-15(12-23)4-6-17-11-21-13-22-17/h5,7,9,11,13,15H,2-4,6,8,10,12H2,1H3,(H,21,22). The third-order valence-electron chi connectivity index (χ3n) is 4.83. The van der Waals surface area contributed by atoms with Gasteiger partial charge in [0.15, 0.2) is 0 Å². The lowest BCUT2D eigenvalue weighted by molar-refractivity contribution is -0.132. The van der Waals surface area contributed by atoms with Gasteiger partial charge in [0.05, 0.1) is 12.7 Å². The first-order valence-electron chi connectivity index (χ1n) is 8.62. The SMILES string of the molecule is Cc1cc(CC(=O)N2CCCC(CCc3cnc[nH]3)C2)ccc1Cl. The molecule has 1 N–H and O–H groups in total. The highest BCUT2D eigenvalue weighted by atomic mass is 35.5. The highest BCUT2D eigenvalue weighted by molar-refractivity contribution is 6.31. The predicted molar refractivity (Wildman–Crippen MR) is 96.1 cm³/mol. The zero-order valence-corrected chi connectivity index (χ0v) is 14.9. The van der Waals surface area contributed by atoms with Gasteiger partial charge in [0.1, 0.15) is 0 Å². The van der Waals surface area contributed by atoms with E-state index in [4.69, 9.17) is 11.6 Å². The van der Waals surface area contributed by atoms with E-state index in [9.17, 15) is 4.79 Å². The third-order valence-corrected chi connectivity index (χ3v) is 5.25. The summed E-state index contributed by atoms with van der Waals surface area (Å²) in [6, 6.07) is 5.84. The molecule has 1 fully saturated rings. The second-order valence-electron chi connectivity index (χ2n) is 6.72. The van der Waals surface area contributed by atoms with Crippen molar-refractivity contribution in [3.63, 3.8) is 0 Å². The zero-order chi connectivity index (χ0) is 16.9. The van der Waals surface area contributed by atoms with E-state index in [1.807, 2.05) is 36.2 Å². The molecule has 0 spiro atoms. The minimum absolute atomic E-state index is 0.225. The Balaban J connectivity index is 1.53. The van der Waals surface area contributed by atoms with E-state index in [0.717, 1.165) is 48.5 Å². The summed E-state index contributed by atoms with van der Waals surface area (Å²) < 4.78 is 0. The molecule has 1 saturated heterocycles. The number of nitrogens with one attached hydrogen (secondary N) is 1. The smallest absolute Gasteiger partial charge is 0.226 e. The molecular weight excluding hydrogens is 322 g/mol. The first-order chi connectivity index (χ1) is 11.6. The molecule has 1 unspecified atom stereocenters. The fourth-order valence-corrected chi connectivity index (χ4v) is 3.53. The Morgan fingerprint density at radius 2 is 2.33 bits per heavy atom. The number of halogens is 1. The largest absolute Gasteiger partial charge is 0.348 e. The van der Waals surface area contributed by atoms with Crippen molar-refractivity contribution >= 4 is 17.5 Å². The van der Waals surface area contributed by atoms with Gasteiger partial charge in [-0.2, -0.15) is 0 Å². The molecule has 1 aliphatic heterocycles. The maximum atomic E-state index is 12.6. The Morgan fingerprint density at radius 3 is 3.08 bits per heavy atom. The van der Waals surface area contributed by atoms with Gasteiger partial charge in [-0.1, -0.05) is 23.7 Å². The van der Waals surface area contributed by atoms with Crippen LogP contribution in [0.15, 0.2) is 30.7 Å². The van der Waals surface area contributed by atoms with Crippen molar-refractivity contribution in [2.24, 2.45) is 5.92 Å². The quantitative estimate of drug-likeness (QED) is 0.896. The van der Waals surface area contributed by atoms with Crippen LogP contribution in [-0.4, -0.2) is 33.9 Å². The summed E-state index contributed by atoms with van der Waals surface area (Å²) in [4.78, 5) is 21.9. The summed E-state index contributed by atoms with van der Waals surface area (Å²) in [6.07, 6.45) is 8.48. The highest BCUT2D eigenvalue weighted by Crippen LogP contribution is 2.22. The first-order valence-corrected chi connectivity index (χ1v) is 8.99. The Morgan fingerprint density at radius 1 is 1.46 bits per heavy atom. The number of rotatable bonds is 5. The van der Waals surface area contributed by atoms with E-state index in [2.05, 4.69) is 9.97 Å². The monoisotopic (exact) mass is 345 g/mol. The number of hydrogen-bond donors (Lipinski definition) is 1. The summed E-state index contributed by atoms with van der Waals surface area (Å²) in [5, 5.41) is 0.753. The average Bonchev–Trinajstić information content (AvgIpc) is 3.10. The molecule has 5 heteroatoms. The van der Waals surface area contributed by atoms with Crippen molar-refractivity contribution in [2.75, 3.05) is 13.1 Å². The fourth-order valence-electron chi connectivity index (χ4n) is 3.41. The van der Waals surface area contributed by atoms with Gasteiger partial charge in [0.2, 0.25) is 5.91 Å². The number of piperidine rings is 1. The van der Waals surface area contributed by atoms with Crippen molar-refractivity contribution in [1.29, 1.82) is 0 Å². The number of carbonyl (C=O) groups is 1. The minimum atomic E-state index is 0.225. The van der Waals surface area contributed by atoms with E-state index in [1.54, 1.807) is 6.33 Å². The van der Waals surface area contributed by atoms with Gasteiger partial charge in [-0.25, -0.2) is 4.98 Å². The number of imidazole rings is 1. The molecule has 1 aromatic heterocycles.